The van der Waals surface area contributed by atoms with E-state index in [0.29, 0.717) is 15.8 Å². The van der Waals surface area contributed by atoms with Crippen LogP contribution in [0.4, 0.5) is 24.6 Å². The molecule has 0 bridgehead atoms. The van der Waals surface area contributed by atoms with Gasteiger partial charge in [0.05, 0.1) is 6.20 Å². The van der Waals surface area contributed by atoms with Crippen molar-refractivity contribution in [2.45, 2.75) is 0 Å². The minimum absolute atomic E-state index is 0.307. The average molecular weight is 227 g/mol. The summed E-state index contributed by atoms with van der Waals surface area (Å²) in [6, 6.07) is 3.17. The monoisotopic (exact) mass is 227 g/mol. The normalized spacial score (nSPS) is 10.3. The molecule has 0 fully saturated rings. The highest BCUT2D eigenvalue weighted by Gasteiger charge is 2.03. The van der Waals surface area contributed by atoms with E-state index < -0.39 is 11.6 Å². The van der Waals surface area contributed by atoms with E-state index in [1.54, 1.807) is 0 Å². The van der Waals surface area contributed by atoms with Gasteiger partial charge in [-0.3, -0.25) is 0 Å². The van der Waals surface area contributed by atoms with Gasteiger partial charge in [-0.05, 0) is 12.1 Å². The van der Waals surface area contributed by atoms with Crippen LogP contribution in [0.2, 0.25) is 0 Å². The van der Waals surface area contributed by atoms with Gasteiger partial charge in [0.25, 0.3) is 0 Å². The molecule has 0 radical (unpaired) electrons. The first-order chi connectivity index (χ1) is 7.13. The lowest BCUT2D eigenvalue weighted by Gasteiger charge is -2.02. The molecule has 0 aliphatic heterocycles. The average Bonchev–Trinajstić information content (AvgIpc) is 2.49. The van der Waals surface area contributed by atoms with Crippen LogP contribution in [-0.4, -0.2) is 4.98 Å². The molecule has 2 rings (SSSR count). The largest absolute Gasteiger partial charge is 0.389 e. The first-order valence-electron chi connectivity index (χ1n) is 4.08. The van der Waals surface area contributed by atoms with Crippen molar-refractivity contribution in [2.75, 3.05) is 11.1 Å². The number of aromatic nitrogens is 1. The van der Waals surface area contributed by atoms with Gasteiger partial charge in [0.2, 0.25) is 0 Å². The third-order valence-corrected chi connectivity index (χ3v) is 2.38. The van der Waals surface area contributed by atoms with Gasteiger partial charge in [-0.25, -0.2) is 13.8 Å². The molecule has 0 amide bonds. The number of hydrogen-bond acceptors (Lipinski definition) is 4. The van der Waals surface area contributed by atoms with Crippen LogP contribution in [0, 0.1) is 11.6 Å². The Morgan fingerprint density at radius 3 is 2.40 bits per heavy atom. The SMILES string of the molecule is Nc1cnc(Nc2cc(F)cc(F)c2)s1. The summed E-state index contributed by atoms with van der Waals surface area (Å²) in [5, 5.41) is 3.79. The van der Waals surface area contributed by atoms with E-state index in [1.165, 1.54) is 29.7 Å². The van der Waals surface area contributed by atoms with E-state index in [1.807, 2.05) is 0 Å². The Morgan fingerprint density at radius 2 is 1.87 bits per heavy atom. The van der Waals surface area contributed by atoms with Crippen molar-refractivity contribution in [1.82, 2.24) is 4.98 Å². The molecule has 0 spiro atoms. The maximum absolute atomic E-state index is 12.8. The Bertz CT molecular complexity index is 464. The Kier molecular flexibility index (Phi) is 2.51. The molecule has 0 unspecified atom stereocenters. The molecule has 1 aromatic heterocycles. The van der Waals surface area contributed by atoms with Crippen molar-refractivity contribution in [3.8, 4) is 0 Å². The first-order valence-corrected chi connectivity index (χ1v) is 4.89. The zero-order valence-electron chi connectivity index (χ0n) is 7.50. The number of nitrogens with two attached hydrogens (primary N) is 1. The minimum Gasteiger partial charge on any atom is -0.389 e. The number of thiazole rings is 1. The van der Waals surface area contributed by atoms with Gasteiger partial charge in [-0.2, -0.15) is 0 Å². The van der Waals surface area contributed by atoms with E-state index >= 15 is 0 Å². The topological polar surface area (TPSA) is 50.9 Å². The maximum Gasteiger partial charge on any atom is 0.189 e. The number of hydrogen-bond donors (Lipinski definition) is 2. The molecule has 15 heavy (non-hydrogen) atoms. The number of anilines is 3. The molecule has 0 saturated carbocycles. The highest BCUT2D eigenvalue weighted by atomic mass is 32.1. The number of halogens is 2. The number of nitrogens with zero attached hydrogens (tertiary/aromatic N) is 1. The Labute approximate surface area is 88.6 Å². The van der Waals surface area contributed by atoms with Crippen molar-refractivity contribution >= 4 is 27.2 Å². The molecule has 1 heterocycles. The third-order valence-electron chi connectivity index (χ3n) is 1.64. The molecule has 3 N–H and O–H groups in total. The molecule has 1 aromatic carbocycles. The van der Waals surface area contributed by atoms with Gasteiger partial charge in [0, 0.05) is 11.8 Å². The van der Waals surface area contributed by atoms with E-state index in [2.05, 4.69) is 10.3 Å². The summed E-state index contributed by atoms with van der Waals surface area (Å²) >= 11 is 1.20. The maximum atomic E-state index is 12.8. The van der Waals surface area contributed by atoms with E-state index in [9.17, 15) is 8.78 Å². The number of nitrogens with one attached hydrogen (secondary N) is 1. The van der Waals surface area contributed by atoms with Gasteiger partial charge in [-0.15, -0.1) is 0 Å². The van der Waals surface area contributed by atoms with Crippen LogP contribution in [0.5, 0.6) is 0 Å². The van der Waals surface area contributed by atoms with Crippen molar-refractivity contribution in [3.63, 3.8) is 0 Å². The summed E-state index contributed by atoms with van der Waals surface area (Å²) in [6.45, 7) is 0. The third kappa shape index (κ3) is 2.41. The Balaban J connectivity index is 2.24. The number of rotatable bonds is 2. The van der Waals surface area contributed by atoms with Crippen molar-refractivity contribution in [2.24, 2.45) is 0 Å². The second-order valence-corrected chi connectivity index (χ2v) is 3.91. The second kappa shape index (κ2) is 3.82. The first kappa shape index (κ1) is 9.85. The van der Waals surface area contributed by atoms with Crippen LogP contribution in [0.3, 0.4) is 0 Å². The van der Waals surface area contributed by atoms with Gasteiger partial charge in [0.15, 0.2) is 5.13 Å². The molecule has 3 nitrogen and oxygen atoms in total. The predicted molar refractivity (Wildman–Crippen MR) is 56.2 cm³/mol. The van der Waals surface area contributed by atoms with Crippen LogP contribution in [0.15, 0.2) is 24.4 Å². The number of benzene rings is 1. The molecule has 6 heteroatoms. The predicted octanol–water partition coefficient (Wildman–Crippen LogP) is 2.75. The molecule has 0 saturated heterocycles. The molecule has 0 atom stereocenters. The lowest BCUT2D eigenvalue weighted by molar-refractivity contribution is 0.584. The lowest BCUT2D eigenvalue weighted by Crippen LogP contribution is -1.91. The van der Waals surface area contributed by atoms with Crippen LogP contribution in [0.1, 0.15) is 0 Å². The van der Waals surface area contributed by atoms with Crippen LogP contribution >= 0.6 is 11.3 Å². The fourth-order valence-electron chi connectivity index (χ4n) is 1.09. The van der Waals surface area contributed by atoms with Crippen molar-refractivity contribution < 1.29 is 8.78 Å². The fourth-order valence-corrected chi connectivity index (χ4v) is 1.70. The second-order valence-electron chi connectivity index (χ2n) is 2.85. The lowest BCUT2D eigenvalue weighted by atomic mass is 10.3. The molecule has 78 valence electrons. The molecule has 0 aliphatic carbocycles. The van der Waals surface area contributed by atoms with E-state index in [-0.39, 0.29) is 0 Å². The smallest absolute Gasteiger partial charge is 0.189 e. The summed E-state index contributed by atoms with van der Waals surface area (Å²) in [5.41, 5.74) is 5.77. The number of nitrogen functional groups attached to an aromatic ring is 1. The standard InChI is InChI=1S/C9H7F2N3S/c10-5-1-6(11)3-7(2-5)14-9-13-4-8(12)15-9/h1-4H,12H2,(H,13,14). The fraction of sp³-hybridized carbons (Fsp3) is 0. The summed E-state index contributed by atoms with van der Waals surface area (Å²) in [5.74, 6) is -1.27. The molecule has 0 aliphatic rings. The molecular weight excluding hydrogens is 220 g/mol. The quantitative estimate of drug-likeness (QED) is 0.829. The van der Waals surface area contributed by atoms with Gasteiger partial charge in [-0.1, -0.05) is 11.3 Å². The minimum atomic E-state index is -0.637. The van der Waals surface area contributed by atoms with Crippen LogP contribution < -0.4 is 11.1 Å². The summed E-state index contributed by atoms with van der Waals surface area (Å²) in [7, 11) is 0. The molecular formula is C9H7F2N3S. The van der Waals surface area contributed by atoms with E-state index in [4.69, 9.17) is 5.73 Å². The van der Waals surface area contributed by atoms with Crippen molar-refractivity contribution in [1.29, 1.82) is 0 Å². The van der Waals surface area contributed by atoms with Crippen LogP contribution in [-0.2, 0) is 0 Å². The highest BCUT2D eigenvalue weighted by molar-refractivity contribution is 7.19. The summed E-state index contributed by atoms with van der Waals surface area (Å²) in [6.07, 6.45) is 1.47. The van der Waals surface area contributed by atoms with Crippen LogP contribution in [0.25, 0.3) is 0 Å². The summed E-state index contributed by atoms with van der Waals surface area (Å²) in [4.78, 5) is 3.91. The van der Waals surface area contributed by atoms with Gasteiger partial charge >= 0.3 is 0 Å². The van der Waals surface area contributed by atoms with Gasteiger partial charge in [0.1, 0.15) is 16.6 Å². The van der Waals surface area contributed by atoms with E-state index in [0.717, 1.165) is 6.07 Å². The zero-order valence-corrected chi connectivity index (χ0v) is 8.31. The molecule has 2 aromatic rings. The highest BCUT2D eigenvalue weighted by Crippen LogP contribution is 2.24. The zero-order chi connectivity index (χ0) is 10.8. The van der Waals surface area contributed by atoms with Gasteiger partial charge < -0.3 is 11.1 Å². The Hall–Kier alpha value is -1.69. The summed E-state index contributed by atoms with van der Waals surface area (Å²) < 4.78 is 25.6. The van der Waals surface area contributed by atoms with Crippen molar-refractivity contribution in [3.05, 3.63) is 36.0 Å². The Morgan fingerprint density at radius 1 is 1.20 bits per heavy atom.